The molecular formula is C12H21ClN2O. The summed E-state index contributed by atoms with van der Waals surface area (Å²) in [7, 11) is 1.91. The first-order valence-electron chi connectivity index (χ1n) is 5.89. The highest BCUT2D eigenvalue weighted by molar-refractivity contribution is 6.31. The molecule has 0 aliphatic carbocycles. The molecule has 3 nitrogen and oxygen atoms in total. The molecule has 0 aliphatic rings. The van der Waals surface area contributed by atoms with Gasteiger partial charge in [0.2, 0.25) is 0 Å². The van der Waals surface area contributed by atoms with Gasteiger partial charge in [-0.15, -0.1) is 0 Å². The van der Waals surface area contributed by atoms with Crippen molar-refractivity contribution < 1.29 is 5.11 Å². The monoisotopic (exact) mass is 244 g/mol. The van der Waals surface area contributed by atoms with Crippen LogP contribution in [0.3, 0.4) is 0 Å². The number of aliphatic hydroxyl groups is 1. The van der Waals surface area contributed by atoms with Crippen molar-refractivity contribution in [3.8, 4) is 0 Å². The van der Waals surface area contributed by atoms with E-state index in [0.717, 1.165) is 35.7 Å². The molecule has 4 heteroatoms. The summed E-state index contributed by atoms with van der Waals surface area (Å²) >= 11 is 6.27. The standard InChI is InChI=1S/C12H21ClN2O/c1-5-9(8(3)16)7-11-12(13)10(6-2)14-15(11)4/h8-9,16H,5-7H2,1-4H3. The van der Waals surface area contributed by atoms with Crippen molar-refractivity contribution in [3.63, 3.8) is 0 Å². The zero-order valence-electron chi connectivity index (χ0n) is 10.5. The van der Waals surface area contributed by atoms with E-state index in [4.69, 9.17) is 11.6 Å². The Morgan fingerprint density at radius 3 is 2.44 bits per heavy atom. The van der Waals surface area contributed by atoms with E-state index >= 15 is 0 Å². The number of hydrogen-bond donors (Lipinski definition) is 1. The van der Waals surface area contributed by atoms with Crippen LogP contribution in [0.4, 0.5) is 0 Å². The Morgan fingerprint density at radius 1 is 1.44 bits per heavy atom. The summed E-state index contributed by atoms with van der Waals surface area (Å²) in [6.07, 6.45) is 2.27. The molecule has 0 spiro atoms. The predicted molar refractivity (Wildman–Crippen MR) is 66.8 cm³/mol. The van der Waals surface area contributed by atoms with Gasteiger partial charge in [-0.1, -0.05) is 31.9 Å². The van der Waals surface area contributed by atoms with Crippen LogP contribution in [0.2, 0.25) is 5.02 Å². The number of rotatable bonds is 5. The molecule has 0 fully saturated rings. The number of nitrogens with zero attached hydrogens (tertiary/aromatic N) is 2. The van der Waals surface area contributed by atoms with Crippen LogP contribution in [0.1, 0.15) is 38.6 Å². The summed E-state index contributed by atoms with van der Waals surface area (Å²) in [6, 6.07) is 0. The van der Waals surface area contributed by atoms with E-state index in [1.165, 1.54) is 0 Å². The smallest absolute Gasteiger partial charge is 0.0849 e. The fraction of sp³-hybridized carbons (Fsp3) is 0.750. The minimum Gasteiger partial charge on any atom is -0.393 e. The van der Waals surface area contributed by atoms with Crippen LogP contribution in [0.15, 0.2) is 0 Å². The first-order valence-corrected chi connectivity index (χ1v) is 6.27. The predicted octanol–water partition coefficient (Wildman–Crippen LogP) is 2.59. The van der Waals surface area contributed by atoms with Gasteiger partial charge in [0.25, 0.3) is 0 Å². The Hall–Kier alpha value is -0.540. The molecule has 0 amide bonds. The van der Waals surface area contributed by atoms with Gasteiger partial charge in [0.15, 0.2) is 0 Å². The second-order valence-electron chi connectivity index (χ2n) is 4.30. The molecule has 16 heavy (non-hydrogen) atoms. The molecule has 1 N–H and O–H groups in total. The summed E-state index contributed by atoms with van der Waals surface area (Å²) in [5.74, 6) is 0.248. The third kappa shape index (κ3) is 2.77. The lowest BCUT2D eigenvalue weighted by atomic mass is 9.95. The molecule has 1 aromatic rings. The van der Waals surface area contributed by atoms with Crippen LogP contribution in [0.25, 0.3) is 0 Å². The summed E-state index contributed by atoms with van der Waals surface area (Å²) < 4.78 is 1.84. The quantitative estimate of drug-likeness (QED) is 0.865. The Bertz CT molecular complexity index is 347. The lowest BCUT2D eigenvalue weighted by Gasteiger charge is -2.18. The summed E-state index contributed by atoms with van der Waals surface area (Å²) in [5, 5.41) is 14.8. The van der Waals surface area contributed by atoms with E-state index in [1.807, 2.05) is 25.6 Å². The fourth-order valence-electron chi connectivity index (χ4n) is 1.95. The molecule has 2 unspecified atom stereocenters. The highest BCUT2D eigenvalue weighted by atomic mass is 35.5. The maximum Gasteiger partial charge on any atom is 0.0849 e. The molecule has 92 valence electrons. The Labute approximate surface area is 102 Å². The van der Waals surface area contributed by atoms with Crippen molar-refractivity contribution in [2.24, 2.45) is 13.0 Å². The number of aromatic nitrogens is 2. The van der Waals surface area contributed by atoms with E-state index in [1.54, 1.807) is 0 Å². The molecule has 0 bridgehead atoms. The SMILES string of the molecule is CCc1nn(C)c(CC(CC)C(C)O)c1Cl. The van der Waals surface area contributed by atoms with Crippen LogP contribution >= 0.6 is 11.6 Å². The summed E-state index contributed by atoms with van der Waals surface area (Å²) in [5.41, 5.74) is 1.98. The van der Waals surface area contributed by atoms with Crippen LogP contribution < -0.4 is 0 Å². The van der Waals surface area contributed by atoms with E-state index < -0.39 is 0 Å². The molecule has 0 aliphatic heterocycles. The van der Waals surface area contributed by atoms with Crippen LogP contribution in [-0.4, -0.2) is 21.0 Å². The molecule has 1 rings (SSSR count). The Morgan fingerprint density at radius 2 is 2.06 bits per heavy atom. The highest BCUT2D eigenvalue weighted by Crippen LogP contribution is 2.25. The van der Waals surface area contributed by atoms with Crippen LogP contribution in [-0.2, 0) is 19.9 Å². The second kappa shape index (κ2) is 5.69. The highest BCUT2D eigenvalue weighted by Gasteiger charge is 2.19. The minimum absolute atomic E-state index is 0.248. The van der Waals surface area contributed by atoms with Gasteiger partial charge in [0, 0.05) is 7.05 Å². The van der Waals surface area contributed by atoms with Crippen molar-refractivity contribution in [2.75, 3.05) is 0 Å². The van der Waals surface area contributed by atoms with Gasteiger partial charge >= 0.3 is 0 Å². The first kappa shape index (κ1) is 13.5. The van der Waals surface area contributed by atoms with Crippen molar-refractivity contribution in [1.29, 1.82) is 0 Å². The number of halogens is 1. The van der Waals surface area contributed by atoms with Gasteiger partial charge in [-0.3, -0.25) is 4.68 Å². The van der Waals surface area contributed by atoms with Crippen LogP contribution in [0, 0.1) is 5.92 Å². The Balaban J connectivity index is 2.91. The van der Waals surface area contributed by atoms with Gasteiger partial charge in [0.1, 0.15) is 0 Å². The average Bonchev–Trinajstić information content (AvgIpc) is 2.51. The van der Waals surface area contributed by atoms with Gasteiger partial charge in [-0.25, -0.2) is 0 Å². The normalized spacial score (nSPS) is 15.1. The largest absolute Gasteiger partial charge is 0.393 e. The minimum atomic E-state index is -0.305. The average molecular weight is 245 g/mol. The fourth-order valence-corrected chi connectivity index (χ4v) is 2.32. The van der Waals surface area contributed by atoms with Gasteiger partial charge in [-0.2, -0.15) is 5.10 Å². The third-order valence-corrected chi connectivity index (χ3v) is 3.60. The van der Waals surface area contributed by atoms with E-state index in [-0.39, 0.29) is 12.0 Å². The number of hydrogen-bond acceptors (Lipinski definition) is 2. The number of aliphatic hydroxyl groups excluding tert-OH is 1. The molecule has 0 saturated carbocycles. The van der Waals surface area contributed by atoms with E-state index in [0.29, 0.717) is 0 Å². The van der Waals surface area contributed by atoms with Crippen molar-refractivity contribution >= 4 is 11.6 Å². The third-order valence-electron chi connectivity index (χ3n) is 3.17. The molecule has 0 saturated heterocycles. The second-order valence-corrected chi connectivity index (χ2v) is 4.68. The van der Waals surface area contributed by atoms with Crippen molar-refractivity contribution in [1.82, 2.24) is 9.78 Å². The van der Waals surface area contributed by atoms with E-state index in [9.17, 15) is 5.11 Å². The van der Waals surface area contributed by atoms with E-state index in [2.05, 4.69) is 12.0 Å². The Kier molecular flexibility index (Phi) is 4.81. The maximum absolute atomic E-state index is 9.65. The number of aryl methyl sites for hydroxylation is 2. The summed E-state index contributed by atoms with van der Waals surface area (Å²) in [6.45, 7) is 5.96. The topological polar surface area (TPSA) is 38.0 Å². The summed E-state index contributed by atoms with van der Waals surface area (Å²) in [4.78, 5) is 0. The zero-order chi connectivity index (χ0) is 12.3. The molecular weight excluding hydrogens is 224 g/mol. The van der Waals surface area contributed by atoms with Crippen LogP contribution in [0.5, 0.6) is 0 Å². The van der Waals surface area contributed by atoms with Crippen molar-refractivity contribution in [2.45, 2.75) is 46.1 Å². The molecule has 0 radical (unpaired) electrons. The maximum atomic E-state index is 9.65. The van der Waals surface area contributed by atoms with Gasteiger partial charge in [-0.05, 0) is 25.7 Å². The van der Waals surface area contributed by atoms with Crippen molar-refractivity contribution in [3.05, 3.63) is 16.4 Å². The van der Waals surface area contributed by atoms with Gasteiger partial charge in [0.05, 0.1) is 22.5 Å². The molecule has 2 atom stereocenters. The molecule has 1 aromatic heterocycles. The zero-order valence-corrected chi connectivity index (χ0v) is 11.3. The molecule has 1 heterocycles. The van der Waals surface area contributed by atoms with Gasteiger partial charge < -0.3 is 5.11 Å². The lowest BCUT2D eigenvalue weighted by Crippen LogP contribution is -2.19. The molecule has 0 aromatic carbocycles. The lowest BCUT2D eigenvalue weighted by molar-refractivity contribution is 0.122. The first-order chi connectivity index (χ1) is 7.51.